The molecule has 0 aliphatic carbocycles. The number of rotatable bonds is 3. The van der Waals surface area contributed by atoms with Gasteiger partial charge in [0.25, 0.3) is 0 Å². The number of anilines is 1. The van der Waals surface area contributed by atoms with E-state index in [9.17, 15) is 18.6 Å². The average Bonchev–Trinajstić information content (AvgIpc) is 2.37. The van der Waals surface area contributed by atoms with Gasteiger partial charge in [0, 0.05) is 41.6 Å². The largest absolute Gasteiger partial charge is 0.507 e. The van der Waals surface area contributed by atoms with E-state index >= 15 is 0 Å². The topological polar surface area (TPSA) is 77.8 Å². The van der Waals surface area contributed by atoms with Crippen LogP contribution in [-0.2, 0) is 9.84 Å². The van der Waals surface area contributed by atoms with Crippen LogP contribution in [0.15, 0.2) is 18.2 Å². The molecule has 1 fully saturated rings. The van der Waals surface area contributed by atoms with Crippen LogP contribution in [0.3, 0.4) is 0 Å². The zero-order valence-electron chi connectivity index (χ0n) is 11.5. The van der Waals surface area contributed by atoms with E-state index in [1.807, 2.05) is 0 Å². The molecular formula is C13H19NO4S2. The van der Waals surface area contributed by atoms with Crippen LogP contribution in [0.25, 0.3) is 0 Å². The fraction of sp³-hybridized carbons (Fsp3) is 0.538. The van der Waals surface area contributed by atoms with Gasteiger partial charge in [-0.05, 0) is 13.0 Å². The van der Waals surface area contributed by atoms with Gasteiger partial charge in [0.2, 0.25) is 0 Å². The number of benzene rings is 1. The Kier molecular flexibility index (Phi) is 4.51. The van der Waals surface area contributed by atoms with Crippen molar-refractivity contribution < 1.29 is 18.6 Å². The molecule has 1 heterocycles. The Morgan fingerprint density at radius 1 is 1.45 bits per heavy atom. The highest BCUT2D eigenvalue weighted by Crippen LogP contribution is 2.32. The molecule has 20 heavy (non-hydrogen) atoms. The summed E-state index contributed by atoms with van der Waals surface area (Å²) < 4.78 is 23.7. The molecule has 112 valence electrons. The van der Waals surface area contributed by atoms with Crippen molar-refractivity contribution in [2.45, 2.75) is 18.4 Å². The van der Waals surface area contributed by atoms with Crippen LogP contribution in [0, 0.1) is 0 Å². The quantitative estimate of drug-likeness (QED) is 0.877. The fourth-order valence-electron chi connectivity index (χ4n) is 2.30. The van der Waals surface area contributed by atoms with E-state index in [1.54, 1.807) is 35.7 Å². The van der Waals surface area contributed by atoms with E-state index in [0.29, 0.717) is 23.5 Å². The van der Waals surface area contributed by atoms with Crippen molar-refractivity contribution >= 4 is 27.3 Å². The second kappa shape index (κ2) is 5.83. The molecular weight excluding hydrogens is 298 g/mol. The molecule has 1 aromatic carbocycles. The molecule has 1 saturated heterocycles. The molecule has 2 N–H and O–H groups in total. The Labute approximate surface area is 123 Å². The summed E-state index contributed by atoms with van der Waals surface area (Å²) in [6, 6.07) is 4.91. The Morgan fingerprint density at radius 2 is 2.15 bits per heavy atom. The fourth-order valence-corrected chi connectivity index (χ4v) is 5.14. The Morgan fingerprint density at radius 3 is 2.70 bits per heavy atom. The zero-order valence-corrected chi connectivity index (χ0v) is 13.1. The molecule has 0 bridgehead atoms. The van der Waals surface area contributed by atoms with Crippen LogP contribution in [0.2, 0.25) is 0 Å². The number of phenols is 1. The van der Waals surface area contributed by atoms with E-state index in [1.165, 1.54) is 12.3 Å². The number of sulfone groups is 1. The molecule has 1 aromatic rings. The number of aliphatic hydroxyl groups excluding tert-OH is 1. The van der Waals surface area contributed by atoms with Crippen molar-refractivity contribution in [1.29, 1.82) is 0 Å². The van der Waals surface area contributed by atoms with Crippen LogP contribution >= 0.6 is 11.8 Å². The van der Waals surface area contributed by atoms with Gasteiger partial charge in [-0.1, -0.05) is 6.07 Å². The molecule has 1 aliphatic heterocycles. The molecule has 0 aromatic heterocycles. The minimum Gasteiger partial charge on any atom is -0.507 e. The first-order valence-electron chi connectivity index (χ1n) is 6.35. The highest BCUT2D eigenvalue weighted by Gasteiger charge is 2.31. The van der Waals surface area contributed by atoms with Gasteiger partial charge in [-0.15, -0.1) is 0 Å². The van der Waals surface area contributed by atoms with Crippen LogP contribution in [0.5, 0.6) is 5.75 Å². The minimum atomic E-state index is -3.19. The Balaban J connectivity index is 2.36. The number of nitrogens with zero attached hydrogens (tertiary/aromatic N) is 1. The van der Waals surface area contributed by atoms with Gasteiger partial charge in [-0.2, -0.15) is 11.8 Å². The second-order valence-corrected chi connectivity index (χ2v) is 8.32. The molecule has 2 unspecified atom stereocenters. The molecule has 0 saturated carbocycles. The first-order chi connectivity index (χ1) is 9.30. The van der Waals surface area contributed by atoms with Crippen LogP contribution in [0.1, 0.15) is 18.6 Å². The lowest BCUT2D eigenvalue weighted by molar-refractivity contribution is 0.195. The normalized spacial score (nSPS) is 21.8. The zero-order chi connectivity index (χ0) is 14.9. The minimum absolute atomic E-state index is 0.0111. The van der Waals surface area contributed by atoms with Crippen molar-refractivity contribution in [2.75, 3.05) is 29.2 Å². The Bertz CT molecular complexity index is 586. The highest BCUT2D eigenvalue weighted by molar-refractivity contribution is 8.01. The van der Waals surface area contributed by atoms with Gasteiger partial charge in [0.05, 0.1) is 6.10 Å². The maximum absolute atomic E-state index is 11.9. The average molecular weight is 317 g/mol. The summed E-state index contributed by atoms with van der Waals surface area (Å²) in [6.45, 7) is 2.20. The Hall–Kier alpha value is -0.920. The number of aromatic hydroxyl groups is 1. The lowest BCUT2D eigenvalue weighted by Crippen LogP contribution is -2.47. The highest BCUT2D eigenvalue weighted by atomic mass is 32.2. The standard InChI is InChI=1S/C13H19NO4S2/c1-9(15)11-4-3-10(7-12(11)16)14-5-6-19-8-13(14)20(2,17)18/h3-4,7,9,13,15-16H,5-6,8H2,1-2H3. The van der Waals surface area contributed by atoms with E-state index in [2.05, 4.69) is 0 Å². The first kappa shape index (κ1) is 15.5. The second-order valence-electron chi connectivity index (χ2n) is 4.97. The van der Waals surface area contributed by atoms with E-state index in [4.69, 9.17) is 0 Å². The van der Waals surface area contributed by atoms with Gasteiger partial charge in [0.15, 0.2) is 9.84 Å². The third-order valence-electron chi connectivity index (χ3n) is 3.37. The molecule has 0 amide bonds. The molecule has 0 spiro atoms. The van der Waals surface area contributed by atoms with Crippen molar-refractivity contribution in [3.63, 3.8) is 0 Å². The summed E-state index contributed by atoms with van der Waals surface area (Å²) in [5.41, 5.74) is 1.11. The number of phenolic OH excluding ortho intramolecular Hbond substituents is 1. The summed E-state index contributed by atoms with van der Waals surface area (Å²) >= 11 is 1.62. The first-order valence-corrected chi connectivity index (χ1v) is 9.46. The maximum Gasteiger partial charge on any atom is 0.169 e. The summed E-state index contributed by atoms with van der Waals surface area (Å²) in [6.07, 6.45) is 0.479. The van der Waals surface area contributed by atoms with Crippen LogP contribution < -0.4 is 4.90 Å². The lowest BCUT2D eigenvalue weighted by atomic mass is 10.1. The number of hydrogen-bond acceptors (Lipinski definition) is 6. The third-order valence-corrected chi connectivity index (χ3v) is 6.02. The SMILES string of the molecule is CC(O)c1ccc(N2CCSCC2S(C)(=O)=O)cc1O. The van der Waals surface area contributed by atoms with E-state index < -0.39 is 21.3 Å². The molecule has 7 heteroatoms. The van der Waals surface area contributed by atoms with Crippen molar-refractivity contribution in [3.8, 4) is 5.75 Å². The summed E-state index contributed by atoms with van der Waals surface area (Å²) in [5, 5.41) is 18.9. The molecule has 2 atom stereocenters. The molecule has 2 rings (SSSR count). The number of hydrogen-bond donors (Lipinski definition) is 2. The molecule has 1 aliphatic rings. The summed E-state index contributed by atoms with van der Waals surface area (Å²) in [4.78, 5) is 1.80. The molecule has 5 nitrogen and oxygen atoms in total. The van der Waals surface area contributed by atoms with Crippen molar-refractivity contribution in [1.82, 2.24) is 0 Å². The number of thioether (sulfide) groups is 1. The smallest absolute Gasteiger partial charge is 0.169 e. The summed E-state index contributed by atoms with van der Waals surface area (Å²) in [5.74, 6) is 1.37. The van der Waals surface area contributed by atoms with Gasteiger partial charge in [-0.3, -0.25) is 0 Å². The van der Waals surface area contributed by atoms with E-state index in [-0.39, 0.29) is 5.75 Å². The number of aliphatic hydroxyl groups is 1. The summed E-state index contributed by atoms with van der Waals surface area (Å²) in [7, 11) is -3.19. The lowest BCUT2D eigenvalue weighted by Gasteiger charge is -2.36. The van der Waals surface area contributed by atoms with Crippen LogP contribution in [0.4, 0.5) is 5.69 Å². The van der Waals surface area contributed by atoms with Crippen LogP contribution in [-0.4, -0.2) is 48.3 Å². The van der Waals surface area contributed by atoms with Gasteiger partial charge in [-0.25, -0.2) is 8.42 Å². The third kappa shape index (κ3) is 3.21. The van der Waals surface area contributed by atoms with Crippen molar-refractivity contribution in [2.24, 2.45) is 0 Å². The maximum atomic E-state index is 11.9. The molecule has 0 radical (unpaired) electrons. The van der Waals surface area contributed by atoms with E-state index in [0.717, 1.165) is 5.75 Å². The van der Waals surface area contributed by atoms with Gasteiger partial charge < -0.3 is 15.1 Å². The predicted octanol–water partition coefficient (Wildman–Crippen LogP) is 1.37. The van der Waals surface area contributed by atoms with Gasteiger partial charge in [0.1, 0.15) is 11.1 Å². The van der Waals surface area contributed by atoms with Crippen molar-refractivity contribution in [3.05, 3.63) is 23.8 Å². The predicted molar refractivity (Wildman–Crippen MR) is 82.0 cm³/mol. The monoisotopic (exact) mass is 317 g/mol. The van der Waals surface area contributed by atoms with Gasteiger partial charge >= 0.3 is 0 Å².